The zero-order valence-corrected chi connectivity index (χ0v) is 6.26. The summed E-state index contributed by atoms with van der Waals surface area (Å²) in [4.78, 5) is 40.9. The lowest BCUT2D eigenvalue weighted by atomic mass is 10.0. The first-order valence-electron chi connectivity index (χ1n) is 3.08. The summed E-state index contributed by atoms with van der Waals surface area (Å²) in [7, 11) is 0. The number of Topliss-reactive ketones (excluding diaryl/α,β-unsaturated/α-hetero) is 1. The van der Waals surface area contributed by atoms with Crippen LogP contribution in [0.2, 0.25) is 0 Å². The molecule has 0 aromatic carbocycles. The van der Waals surface area contributed by atoms with Gasteiger partial charge in [-0.1, -0.05) is 0 Å². The van der Waals surface area contributed by atoms with E-state index in [1.165, 1.54) is 0 Å². The largest absolute Gasteiger partial charge is 0.481 e. The zero-order chi connectivity index (χ0) is 10.6. The Labute approximate surface area is 71.6 Å². The van der Waals surface area contributed by atoms with E-state index in [4.69, 9.17) is 15.3 Å². The van der Waals surface area contributed by atoms with Gasteiger partial charge in [0, 0.05) is 0 Å². The van der Waals surface area contributed by atoms with E-state index in [2.05, 4.69) is 0 Å². The Morgan fingerprint density at radius 2 is 1.46 bits per heavy atom. The highest BCUT2D eigenvalue weighted by Gasteiger charge is 2.33. The summed E-state index contributed by atoms with van der Waals surface area (Å²) < 4.78 is 0. The molecule has 0 heterocycles. The van der Waals surface area contributed by atoms with E-state index in [0.29, 0.717) is 0 Å². The van der Waals surface area contributed by atoms with Crippen LogP contribution in [0.5, 0.6) is 0 Å². The molecule has 0 unspecified atom stereocenters. The number of carboxylic acids is 3. The Morgan fingerprint density at radius 3 is 1.69 bits per heavy atom. The average Bonchev–Trinajstić information content (AvgIpc) is 1.97. The molecule has 7 heteroatoms. The first-order valence-corrected chi connectivity index (χ1v) is 3.08. The predicted molar refractivity (Wildman–Crippen MR) is 36.0 cm³/mol. The van der Waals surface area contributed by atoms with Gasteiger partial charge in [-0.05, 0) is 0 Å². The third-order valence-electron chi connectivity index (χ3n) is 1.20. The fourth-order valence-electron chi connectivity index (χ4n) is 0.616. The van der Waals surface area contributed by atoms with Crippen molar-refractivity contribution in [2.75, 3.05) is 0 Å². The van der Waals surface area contributed by atoms with Crippen molar-refractivity contribution in [3.8, 4) is 0 Å². The quantitative estimate of drug-likeness (QED) is 0.367. The van der Waals surface area contributed by atoms with Crippen molar-refractivity contribution in [2.45, 2.75) is 6.42 Å². The molecular weight excluding hydrogens is 184 g/mol. The van der Waals surface area contributed by atoms with Crippen LogP contribution in [0.4, 0.5) is 0 Å². The molecule has 7 nitrogen and oxygen atoms in total. The van der Waals surface area contributed by atoms with Crippen LogP contribution in [0.1, 0.15) is 6.42 Å². The van der Waals surface area contributed by atoms with Crippen LogP contribution in [0.15, 0.2) is 0 Å². The number of aliphatic carboxylic acids is 3. The summed E-state index contributed by atoms with van der Waals surface area (Å²) >= 11 is 0. The summed E-state index contributed by atoms with van der Waals surface area (Å²) in [5.41, 5.74) is 0. The van der Waals surface area contributed by atoms with Gasteiger partial charge in [0.05, 0.1) is 6.42 Å². The molecule has 0 aromatic heterocycles. The molecule has 0 aliphatic carbocycles. The lowest BCUT2D eigenvalue weighted by Crippen LogP contribution is -2.31. The van der Waals surface area contributed by atoms with Crippen molar-refractivity contribution in [2.24, 2.45) is 5.92 Å². The third-order valence-corrected chi connectivity index (χ3v) is 1.20. The Morgan fingerprint density at radius 1 is 1.00 bits per heavy atom. The average molecular weight is 190 g/mol. The van der Waals surface area contributed by atoms with E-state index in [1.54, 1.807) is 0 Å². The smallest absolute Gasteiger partial charge is 0.373 e. The molecule has 0 saturated carbocycles. The topological polar surface area (TPSA) is 129 Å². The Kier molecular flexibility index (Phi) is 3.57. The van der Waals surface area contributed by atoms with Crippen molar-refractivity contribution in [3.05, 3.63) is 0 Å². The lowest BCUT2D eigenvalue weighted by molar-refractivity contribution is -0.159. The van der Waals surface area contributed by atoms with Gasteiger partial charge in [0.1, 0.15) is 5.92 Å². The number of ketones is 1. The van der Waals surface area contributed by atoms with Gasteiger partial charge in [0.2, 0.25) is 0 Å². The first-order chi connectivity index (χ1) is 5.86. The minimum atomic E-state index is -2.02. The van der Waals surface area contributed by atoms with Gasteiger partial charge in [-0.25, -0.2) is 4.79 Å². The Bertz CT molecular complexity index is 266. The van der Waals surface area contributed by atoms with Gasteiger partial charge in [-0.15, -0.1) is 0 Å². The van der Waals surface area contributed by atoms with Crippen molar-refractivity contribution in [1.29, 1.82) is 0 Å². The number of hydrogen-bond acceptors (Lipinski definition) is 4. The van der Waals surface area contributed by atoms with Gasteiger partial charge in [0.15, 0.2) is 0 Å². The summed E-state index contributed by atoms with van der Waals surface area (Å²) in [6.07, 6.45) is -1.03. The van der Waals surface area contributed by atoms with Crippen LogP contribution in [-0.2, 0) is 19.2 Å². The lowest BCUT2D eigenvalue weighted by Gasteiger charge is -2.03. The van der Waals surface area contributed by atoms with Crippen LogP contribution in [-0.4, -0.2) is 39.0 Å². The third kappa shape index (κ3) is 3.32. The van der Waals surface area contributed by atoms with Crippen LogP contribution in [0, 0.1) is 5.92 Å². The second-order valence-corrected chi connectivity index (χ2v) is 2.16. The van der Waals surface area contributed by atoms with Gasteiger partial charge >= 0.3 is 17.9 Å². The standard InChI is InChI=1S/C6H6O7/c7-3(8)1-2(5(10)11)4(9)6(12)13/h2H,1H2,(H,7,8)(H,10,11)(H,12,13)/t2-/m1/s1. The number of carbonyl (C=O) groups is 4. The number of carboxylic acid groups (broad SMARTS) is 3. The second kappa shape index (κ2) is 4.19. The number of rotatable bonds is 5. The van der Waals surface area contributed by atoms with E-state index in [1.807, 2.05) is 0 Å². The second-order valence-electron chi connectivity index (χ2n) is 2.16. The fourth-order valence-corrected chi connectivity index (χ4v) is 0.616. The van der Waals surface area contributed by atoms with Crippen LogP contribution in [0.25, 0.3) is 0 Å². The van der Waals surface area contributed by atoms with Crippen molar-refractivity contribution in [1.82, 2.24) is 0 Å². The van der Waals surface area contributed by atoms with Gasteiger partial charge < -0.3 is 15.3 Å². The minimum Gasteiger partial charge on any atom is -0.481 e. The Hall–Kier alpha value is -1.92. The highest BCUT2D eigenvalue weighted by atomic mass is 16.4. The molecular formula is C6H6O7. The van der Waals surface area contributed by atoms with Crippen LogP contribution < -0.4 is 0 Å². The molecule has 0 bridgehead atoms. The maximum atomic E-state index is 10.6. The van der Waals surface area contributed by atoms with E-state index in [0.717, 1.165) is 0 Å². The molecule has 13 heavy (non-hydrogen) atoms. The molecule has 0 saturated heterocycles. The maximum absolute atomic E-state index is 10.6. The van der Waals surface area contributed by atoms with Gasteiger partial charge in [0.25, 0.3) is 5.78 Å². The summed E-state index contributed by atoms with van der Waals surface area (Å²) in [6, 6.07) is 0. The summed E-state index contributed by atoms with van der Waals surface area (Å²) in [5.74, 6) is -8.89. The summed E-state index contributed by atoms with van der Waals surface area (Å²) in [5, 5.41) is 24.6. The van der Waals surface area contributed by atoms with Crippen molar-refractivity contribution >= 4 is 23.7 Å². The normalized spacial score (nSPS) is 11.7. The molecule has 0 aliphatic heterocycles. The Balaban J connectivity index is 4.61. The summed E-state index contributed by atoms with van der Waals surface area (Å²) in [6.45, 7) is 0. The molecule has 0 spiro atoms. The van der Waals surface area contributed by atoms with E-state index >= 15 is 0 Å². The van der Waals surface area contributed by atoms with Gasteiger partial charge in [-0.2, -0.15) is 0 Å². The SMILES string of the molecule is O=C(O)C[C@@H](C(=O)O)C(=O)C(=O)O. The zero-order valence-electron chi connectivity index (χ0n) is 6.26. The fraction of sp³-hybridized carbons (Fsp3) is 0.333. The monoisotopic (exact) mass is 190 g/mol. The minimum absolute atomic E-state index is 1.03. The molecule has 0 aromatic rings. The highest BCUT2D eigenvalue weighted by Crippen LogP contribution is 2.05. The molecule has 1 atom stereocenters. The van der Waals surface area contributed by atoms with Crippen LogP contribution in [0.3, 0.4) is 0 Å². The van der Waals surface area contributed by atoms with E-state index in [9.17, 15) is 19.2 Å². The molecule has 0 radical (unpaired) electrons. The molecule has 0 aliphatic rings. The van der Waals surface area contributed by atoms with Gasteiger partial charge in [-0.3, -0.25) is 14.4 Å². The van der Waals surface area contributed by atoms with Crippen LogP contribution >= 0.6 is 0 Å². The van der Waals surface area contributed by atoms with E-state index in [-0.39, 0.29) is 0 Å². The molecule has 0 fully saturated rings. The number of carbonyl (C=O) groups excluding carboxylic acids is 1. The maximum Gasteiger partial charge on any atom is 0.373 e. The molecule has 3 N–H and O–H groups in total. The number of hydrogen-bond donors (Lipinski definition) is 3. The van der Waals surface area contributed by atoms with E-state index < -0.39 is 36.0 Å². The van der Waals surface area contributed by atoms with Crippen molar-refractivity contribution in [3.63, 3.8) is 0 Å². The first kappa shape index (κ1) is 11.1. The molecule has 72 valence electrons. The molecule has 0 amide bonds. The highest BCUT2D eigenvalue weighted by molar-refractivity contribution is 6.37. The van der Waals surface area contributed by atoms with Crippen molar-refractivity contribution < 1.29 is 34.5 Å². The predicted octanol–water partition coefficient (Wildman–Crippen LogP) is -1.18. The molecule has 0 rings (SSSR count).